The van der Waals surface area contributed by atoms with E-state index in [0.717, 1.165) is 11.1 Å². The summed E-state index contributed by atoms with van der Waals surface area (Å²) in [6.45, 7) is 25.6. The van der Waals surface area contributed by atoms with Crippen LogP contribution in [0.25, 0.3) is 11.6 Å². The number of benzene rings is 1. The first kappa shape index (κ1) is 38.8. The lowest BCUT2D eigenvalue weighted by Crippen LogP contribution is -1.82. The van der Waals surface area contributed by atoms with E-state index < -0.39 is 0 Å². The Morgan fingerprint density at radius 3 is 1.88 bits per heavy atom. The highest BCUT2D eigenvalue weighted by atomic mass is 19.1. The van der Waals surface area contributed by atoms with Crippen LogP contribution in [0.3, 0.4) is 0 Å². The molecule has 0 aliphatic heterocycles. The van der Waals surface area contributed by atoms with Gasteiger partial charge in [0.2, 0.25) is 0 Å². The van der Waals surface area contributed by atoms with Crippen molar-refractivity contribution in [1.29, 1.82) is 0 Å². The zero-order chi connectivity index (χ0) is 27.0. The third-order valence-corrected chi connectivity index (χ3v) is 4.47. The fourth-order valence-electron chi connectivity index (χ4n) is 2.78. The standard InChI is InChI=1S/C14H26.C11H12.C5H8.C2H6.CH3F/c1-4-7-8-9-10-11-13-14(6-3)12-5-2;1-4-10-7-5-6-8-11(10)9(2)3;1-3-5-4-2;2*1-2/h5,12-13H,4,6-11H2,1-3H3;4-8H,1-2H2,3H3;3-5H,1H2,2H3;1-2H3;1H3/b12-5-,14-13-;;5-4-;;. The second-order valence-electron chi connectivity index (χ2n) is 7.17. The van der Waals surface area contributed by atoms with Gasteiger partial charge in [0.15, 0.2) is 0 Å². The molecule has 0 aliphatic rings. The van der Waals surface area contributed by atoms with Gasteiger partial charge in [-0.15, -0.1) is 0 Å². The maximum absolute atomic E-state index is 9.50. The number of halogens is 1. The molecule has 0 nitrogen and oxygen atoms in total. The highest BCUT2D eigenvalue weighted by Crippen LogP contribution is 2.17. The van der Waals surface area contributed by atoms with Crippen LogP contribution in [-0.4, -0.2) is 7.18 Å². The molecule has 0 aliphatic carbocycles. The summed E-state index contributed by atoms with van der Waals surface area (Å²) in [7, 11) is 0.500. The van der Waals surface area contributed by atoms with E-state index in [1.807, 2.05) is 64.1 Å². The molecule has 0 bridgehead atoms. The van der Waals surface area contributed by atoms with Gasteiger partial charge in [-0.3, -0.25) is 4.39 Å². The zero-order valence-corrected chi connectivity index (χ0v) is 23.8. The first-order valence-corrected chi connectivity index (χ1v) is 12.8. The van der Waals surface area contributed by atoms with Crippen LogP contribution in [0.1, 0.15) is 105 Å². The molecule has 0 radical (unpaired) electrons. The van der Waals surface area contributed by atoms with Gasteiger partial charge in [0.1, 0.15) is 0 Å². The van der Waals surface area contributed by atoms with E-state index in [0.29, 0.717) is 7.18 Å². The predicted molar refractivity (Wildman–Crippen MR) is 161 cm³/mol. The van der Waals surface area contributed by atoms with Crippen molar-refractivity contribution in [3.05, 3.63) is 97.2 Å². The summed E-state index contributed by atoms with van der Waals surface area (Å²) >= 11 is 0. The number of alkyl halides is 1. The molecule has 0 aromatic heterocycles. The maximum atomic E-state index is 9.50. The Kier molecular flexibility index (Phi) is 40.2. The van der Waals surface area contributed by atoms with E-state index in [1.54, 1.807) is 6.08 Å². The van der Waals surface area contributed by atoms with Crippen molar-refractivity contribution in [3.63, 3.8) is 0 Å². The number of allylic oxidation sites excluding steroid dienone is 8. The van der Waals surface area contributed by atoms with E-state index in [-0.39, 0.29) is 0 Å². The normalized spacial score (nSPS) is 9.85. The van der Waals surface area contributed by atoms with Crippen LogP contribution >= 0.6 is 0 Å². The smallest absolute Gasteiger partial charge is 0.0785 e. The Labute approximate surface area is 213 Å². The summed E-state index contributed by atoms with van der Waals surface area (Å²) in [5.74, 6) is 0. The number of hydrogen-bond donors (Lipinski definition) is 0. The lowest BCUT2D eigenvalue weighted by Gasteiger charge is -2.02. The molecule has 194 valence electrons. The molecule has 0 saturated carbocycles. The Morgan fingerprint density at radius 1 is 0.912 bits per heavy atom. The van der Waals surface area contributed by atoms with Gasteiger partial charge in [0.25, 0.3) is 0 Å². The van der Waals surface area contributed by atoms with Crippen LogP contribution in [0.4, 0.5) is 4.39 Å². The van der Waals surface area contributed by atoms with Gasteiger partial charge >= 0.3 is 0 Å². The predicted octanol–water partition coefficient (Wildman–Crippen LogP) is 12.0. The second-order valence-corrected chi connectivity index (χ2v) is 7.17. The van der Waals surface area contributed by atoms with Crippen molar-refractivity contribution in [3.8, 4) is 0 Å². The summed E-state index contributed by atoms with van der Waals surface area (Å²) < 4.78 is 9.50. The molecule has 1 rings (SSSR count). The Hall–Kier alpha value is -2.41. The second kappa shape index (κ2) is 35.2. The molecule has 0 fully saturated rings. The average Bonchev–Trinajstić information content (AvgIpc) is 2.89. The molecular weight excluding hydrogens is 415 g/mol. The van der Waals surface area contributed by atoms with Crippen molar-refractivity contribution >= 4 is 11.6 Å². The fourth-order valence-corrected chi connectivity index (χ4v) is 2.78. The quantitative estimate of drug-likeness (QED) is 0.223. The van der Waals surface area contributed by atoms with Crippen molar-refractivity contribution < 1.29 is 4.39 Å². The number of hydrogen-bond acceptors (Lipinski definition) is 0. The SMILES string of the molecule is C/C=C\C(=C/CCCCCCC)CC.C=C/C=C\C.C=Cc1ccccc1C(=C)C.CC.CF. The van der Waals surface area contributed by atoms with Gasteiger partial charge in [-0.2, -0.15) is 0 Å². The molecule has 34 heavy (non-hydrogen) atoms. The molecule has 1 heteroatoms. The van der Waals surface area contributed by atoms with Crippen LogP contribution in [0.15, 0.2) is 86.0 Å². The van der Waals surface area contributed by atoms with Crippen LogP contribution < -0.4 is 0 Å². The summed E-state index contributed by atoms with van der Waals surface area (Å²) in [5.41, 5.74) is 4.91. The minimum atomic E-state index is 0.500. The molecule has 0 spiro atoms. The molecule has 0 N–H and O–H groups in total. The molecule has 0 saturated heterocycles. The number of rotatable bonds is 11. The monoisotopic (exact) mass is 470 g/mol. The Bertz CT molecular complexity index is 659. The lowest BCUT2D eigenvalue weighted by molar-refractivity contribution is 0.636. The molecule has 1 aromatic carbocycles. The van der Waals surface area contributed by atoms with Gasteiger partial charge < -0.3 is 0 Å². The minimum Gasteiger partial charge on any atom is -0.255 e. The first-order chi connectivity index (χ1) is 16.5. The topological polar surface area (TPSA) is 0 Å². The zero-order valence-electron chi connectivity index (χ0n) is 23.8. The van der Waals surface area contributed by atoms with Gasteiger partial charge in [-0.05, 0) is 51.2 Å². The van der Waals surface area contributed by atoms with E-state index in [9.17, 15) is 4.39 Å². The first-order valence-electron chi connectivity index (χ1n) is 12.8. The van der Waals surface area contributed by atoms with Crippen LogP contribution in [-0.2, 0) is 0 Å². The van der Waals surface area contributed by atoms with Crippen LogP contribution in [0, 0.1) is 0 Å². The van der Waals surface area contributed by atoms with Gasteiger partial charge in [0, 0.05) is 0 Å². The van der Waals surface area contributed by atoms with Crippen molar-refractivity contribution in [2.24, 2.45) is 0 Å². The molecular formula is C33H55F. The largest absolute Gasteiger partial charge is 0.255 e. The minimum absolute atomic E-state index is 0.500. The van der Waals surface area contributed by atoms with E-state index in [4.69, 9.17) is 0 Å². The summed E-state index contributed by atoms with van der Waals surface area (Å²) in [6.07, 6.45) is 23.5. The lowest BCUT2D eigenvalue weighted by atomic mass is 10.0. The van der Waals surface area contributed by atoms with Gasteiger partial charge in [-0.25, -0.2) is 0 Å². The van der Waals surface area contributed by atoms with Crippen molar-refractivity contribution in [1.82, 2.24) is 0 Å². The molecule has 0 amide bonds. The third-order valence-electron chi connectivity index (χ3n) is 4.47. The Morgan fingerprint density at radius 2 is 1.50 bits per heavy atom. The molecule has 0 unspecified atom stereocenters. The summed E-state index contributed by atoms with van der Waals surface area (Å²) in [6, 6.07) is 8.11. The molecule has 0 atom stereocenters. The summed E-state index contributed by atoms with van der Waals surface area (Å²) in [5, 5.41) is 0. The fraction of sp³-hybridized carbons (Fsp3) is 0.455. The molecule has 0 heterocycles. The van der Waals surface area contributed by atoms with Crippen LogP contribution in [0.2, 0.25) is 0 Å². The maximum Gasteiger partial charge on any atom is 0.0785 e. The highest BCUT2D eigenvalue weighted by molar-refractivity contribution is 5.71. The van der Waals surface area contributed by atoms with E-state index in [1.165, 1.54) is 56.1 Å². The van der Waals surface area contributed by atoms with Crippen molar-refractivity contribution in [2.45, 2.75) is 93.4 Å². The third kappa shape index (κ3) is 27.6. The number of unbranched alkanes of at least 4 members (excludes halogenated alkanes) is 5. The van der Waals surface area contributed by atoms with Gasteiger partial charge in [-0.1, -0.05) is 151 Å². The summed E-state index contributed by atoms with van der Waals surface area (Å²) in [4.78, 5) is 0. The van der Waals surface area contributed by atoms with E-state index >= 15 is 0 Å². The van der Waals surface area contributed by atoms with E-state index in [2.05, 4.69) is 64.8 Å². The Balaban J connectivity index is -0.000000199. The van der Waals surface area contributed by atoms with Gasteiger partial charge in [0.05, 0.1) is 7.18 Å². The van der Waals surface area contributed by atoms with Crippen LogP contribution in [0.5, 0.6) is 0 Å². The molecule has 1 aromatic rings. The highest BCUT2D eigenvalue weighted by Gasteiger charge is 1.96. The average molecular weight is 471 g/mol. The van der Waals surface area contributed by atoms with Crippen molar-refractivity contribution in [2.75, 3.05) is 7.18 Å².